The van der Waals surface area contributed by atoms with E-state index in [-0.39, 0.29) is 11.9 Å². The van der Waals surface area contributed by atoms with Crippen LogP contribution in [0.1, 0.15) is 20.3 Å². The molecule has 1 aromatic carbocycles. The SMILES string of the molecule is CCCN1CCN([C@@H](C)C(=O)Nc2cc(Cl)ccc2Cl)CC1. The zero-order valence-electron chi connectivity index (χ0n) is 13.1. The highest BCUT2D eigenvalue weighted by Crippen LogP contribution is 2.25. The third kappa shape index (κ3) is 4.59. The average Bonchev–Trinajstić information content (AvgIpc) is 2.51. The monoisotopic (exact) mass is 343 g/mol. The summed E-state index contributed by atoms with van der Waals surface area (Å²) < 4.78 is 0. The topological polar surface area (TPSA) is 35.6 Å². The number of carbonyl (C=O) groups excluding carboxylic acids is 1. The molecule has 22 heavy (non-hydrogen) atoms. The zero-order valence-corrected chi connectivity index (χ0v) is 14.6. The molecular formula is C16H23Cl2N3O. The molecule has 2 rings (SSSR count). The third-order valence-corrected chi connectivity index (χ3v) is 4.62. The van der Waals surface area contributed by atoms with Crippen LogP contribution in [0.4, 0.5) is 5.69 Å². The van der Waals surface area contributed by atoms with Crippen molar-refractivity contribution >= 4 is 34.8 Å². The van der Waals surface area contributed by atoms with Crippen molar-refractivity contribution in [1.29, 1.82) is 0 Å². The normalized spacial score (nSPS) is 18.2. The molecule has 1 aliphatic rings. The predicted octanol–water partition coefficient (Wildman–Crippen LogP) is 3.35. The Bertz CT molecular complexity index is 516. The molecule has 0 bridgehead atoms. The lowest BCUT2D eigenvalue weighted by Crippen LogP contribution is -2.52. The number of anilines is 1. The van der Waals surface area contributed by atoms with E-state index in [0.717, 1.165) is 32.7 Å². The van der Waals surface area contributed by atoms with Crippen molar-refractivity contribution in [3.8, 4) is 0 Å². The molecule has 0 radical (unpaired) electrons. The molecule has 1 N–H and O–H groups in total. The molecule has 1 fully saturated rings. The molecule has 0 spiro atoms. The molecule has 1 amide bonds. The molecule has 1 saturated heterocycles. The Hall–Kier alpha value is -0.810. The quantitative estimate of drug-likeness (QED) is 0.890. The summed E-state index contributed by atoms with van der Waals surface area (Å²) in [5, 5.41) is 3.93. The Balaban J connectivity index is 1.91. The second kappa shape index (κ2) is 8.16. The second-order valence-electron chi connectivity index (χ2n) is 5.67. The summed E-state index contributed by atoms with van der Waals surface area (Å²) in [6.45, 7) is 9.12. The zero-order chi connectivity index (χ0) is 16.1. The lowest BCUT2D eigenvalue weighted by Gasteiger charge is -2.37. The molecule has 1 aromatic rings. The first-order chi connectivity index (χ1) is 10.5. The second-order valence-corrected chi connectivity index (χ2v) is 6.51. The first-order valence-electron chi connectivity index (χ1n) is 7.73. The molecule has 0 unspecified atom stereocenters. The number of halogens is 2. The van der Waals surface area contributed by atoms with Gasteiger partial charge in [-0.15, -0.1) is 0 Å². The maximum Gasteiger partial charge on any atom is 0.241 e. The van der Waals surface area contributed by atoms with Crippen LogP contribution in [0.5, 0.6) is 0 Å². The number of nitrogens with zero attached hydrogens (tertiary/aromatic N) is 2. The van der Waals surface area contributed by atoms with E-state index in [9.17, 15) is 4.79 Å². The summed E-state index contributed by atoms with van der Waals surface area (Å²) in [4.78, 5) is 17.1. The van der Waals surface area contributed by atoms with Crippen molar-refractivity contribution in [3.05, 3.63) is 28.2 Å². The number of nitrogens with one attached hydrogen (secondary N) is 1. The maximum absolute atomic E-state index is 12.4. The Morgan fingerprint density at radius 3 is 2.59 bits per heavy atom. The summed E-state index contributed by atoms with van der Waals surface area (Å²) in [7, 11) is 0. The largest absolute Gasteiger partial charge is 0.323 e. The van der Waals surface area contributed by atoms with Gasteiger partial charge < -0.3 is 10.2 Å². The molecule has 1 heterocycles. The van der Waals surface area contributed by atoms with Gasteiger partial charge in [-0.1, -0.05) is 30.1 Å². The minimum atomic E-state index is -0.182. The van der Waals surface area contributed by atoms with Crippen molar-refractivity contribution in [2.75, 3.05) is 38.0 Å². The number of hydrogen-bond donors (Lipinski definition) is 1. The number of benzene rings is 1. The standard InChI is InChI=1S/C16H23Cl2N3O/c1-3-6-20-7-9-21(10-8-20)12(2)16(22)19-15-11-13(17)4-5-14(15)18/h4-5,11-12H,3,6-10H2,1-2H3,(H,19,22)/t12-/m0/s1. The van der Waals surface area contributed by atoms with Crippen LogP contribution in [0.2, 0.25) is 10.0 Å². The number of piperazine rings is 1. The molecule has 122 valence electrons. The van der Waals surface area contributed by atoms with Crippen molar-refractivity contribution in [2.45, 2.75) is 26.3 Å². The number of carbonyl (C=O) groups is 1. The molecule has 0 saturated carbocycles. The van der Waals surface area contributed by atoms with E-state index in [2.05, 4.69) is 22.0 Å². The van der Waals surface area contributed by atoms with Gasteiger partial charge in [-0.05, 0) is 38.1 Å². The highest BCUT2D eigenvalue weighted by atomic mass is 35.5. The number of hydrogen-bond acceptors (Lipinski definition) is 3. The van der Waals surface area contributed by atoms with Crippen molar-refractivity contribution < 1.29 is 4.79 Å². The van der Waals surface area contributed by atoms with Crippen LogP contribution in [0.15, 0.2) is 18.2 Å². The van der Waals surface area contributed by atoms with Crippen molar-refractivity contribution in [3.63, 3.8) is 0 Å². The predicted molar refractivity (Wildman–Crippen MR) is 92.9 cm³/mol. The first kappa shape index (κ1) is 17.5. The Morgan fingerprint density at radius 2 is 1.95 bits per heavy atom. The van der Waals surface area contributed by atoms with Crippen LogP contribution in [-0.4, -0.2) is 54.5 Å². The van der Waals surface area contributed by atoms with Crippen molar-refractivity contribution in [2.24, 2.45) is 0 Å². The van der Waals surface area contributed by atoms with Gasteiger partial charge in [-0.25, -0.2) is 0 Å². The lowest BCUT2D eigenvalue weighted by atomic mass is 10.2. The molecule has 1 aliphatic heterocycles. The van der Waals surface area contributed by atoms with Crippen LogP contribution in [0, 0.1) is 0 Å². The van der Waals surface area contributed by atoms with E-state index in [1.165, 1.54) is 6.42 Å². The summed E-state index contributed by atoms with van der Waals surface area (Å²) in [6, 6.07) is 4.89. The van der Waals surface area contributed by atoms with Gasteiger partial charge in [0, 0.05) is 31.2 Å². The van der Waals surface area contributed by atoms with Crippen LogP contribution in [0.3, 0.4) is 0 Å². The van der Waals surface area contributed by atoms with Gasteiger partial charge in [0.25, 0.3) is 0 Å². The molecule has 1 atom stereocenters. The Labute approximate surface area is 142 Å². The van der Waals surface area contributed by atoms with Gasteiger partial charge in [0.15, 0.2) is 0 Å². The Morgan fingerprint density at radius 1 is 1.27 bits per heavy atom. The molecule has 0 aromatic heterocycles. The fourth-order valence-electron chi connectivity index (χ4n) is 2.69. The molecule has 0 aliphatic carbocycles. The Kier molecular flexibility index (Phi) is 6.50. The average molecular weight is 344 g/mol. The minimum Gasteiger partial charge on any atom is -0.323 e. The van der Waals surface area contributed by atoms with Gasteiger partial charge in [-0.2, -0.15) is 0 Å². The first-order valence-corrected chi connectivity index (χ1v) is 8.49. The van der Waals surface area contributed by atoms with Gasteiger partial charge in [-0.3, -0.25) is 9.69 Å². The van der Waals surface area contributed by atoms with Crippen LogP contribution in [0.25, 0.3) is 0 Å². The van der Waals surface area contributed by atoms with Gasteiger partial charge in [0.05, 0.1) is 16.8 Å². The highest BCUT2D eigenvalue weighted by Gasteiger charge is 2.25. The summed E-state index contributed by atoms with van der Waals surface area (Å²) >= 11 is 12.0. The highest BCUT2D eigenvalue weighted by molar-refractivity contribution is 6.35. The van der Waals surface area contributed by atoms with Crippen LogP contribution in [-0.2, 0) is 4.79 Å². The maximum atomic E-state index is 12.4. The lowest BCUT2D eigenvalue weighted by molar-refractivity contribution is -0.121. The van der Waals surface area contributed by atoms with E-state index < -0.39 is 0 Å². The van der Waals surface area contributed by atoms with Crippen molar-refractivity contribution in [1.82, 2.24) is 9.80 Å². The van der Waals surface area contributed by atoms with Gasteiger partial charge in [0.1, 0.15) is 0 Å². The fourth-order valence-corrected chi connectivity index (χ4v) is 3.02. The van der Waals surface area contributed by atoms with E-state index in [4.69, 9.17) is 23.2 Å². The number of amides is 1. The molecule has 6 heteroatoms. The van der Waals surface area contributed by atoms with Crippen LogP contribution >= 0.6 is 23.2 Å². The van der Waals surface area contributed by atoms with Crippen LogP contribution < -0.4 is 5.32 Å². The summed E-state index contributed by atoms with van der Waals surface area (Å²) in [5.74, 6) is -0.0480. The third-order valence-electron chi connectivity index (χ3n) is 4.06. The summed E-state index contributed by atoms with van der Waals surface area (Å²) in [6.07, 6.45) is 1.17. The smallest absolute Gasteiger partial charge is 0.241 e. The van der Waals surface area contributed by atoms with E-state index >= 15 is 0 Å². The summed E-state index contributed by atoms with van der Waals surface area (Å²) in [5.41, 5.74) is 0.565. The van der Waals surface area contributed by atoms with Gasteiger partial charge in [0.2, 0.25) is 5.91 Å². The van der Waals surface area contributed by atoms with E-state index in [1.54, 1.807) is 18.2 Å². The number of rotatable bonds is 5. The molecule has 4 nitrogen and oxygen atoms in total. The van der Waals surface area contributed by atoms with E-state index in [0.29, 0.717) is 15.7 Å². The fraction of sp³-hybridized carbons (Fsp3) is 0.562. The minimum absolute atomic E-state index is 0.0480. The van der Waals surface area contributed by atoms with Gasteiger partial charge >= 0.3 is 0 Å². The molecular weight excluding hydrogens is 321 g/mol. The van der Waals surface area contributed by atoms with E-state index in [1.807, 2.05) is 6.92 Å².